The number of hydrogen-bond acceptors (Lipinski definition) is 2. The average molecular weight is 310 g/mol. The molecule has 2 atom stereocenters. The maximum absolute atomic E-state index is 6.09. The van der Waals surface area contributed by atoms with Gasteiger partial charge < -0.3 is 10.1 Å². The Hall–Kier alpha value is -0.570. The molecule has 1 aliphatic heterocycles. The average Bonchev–Trinajstić information content (AvgIpc) is 2.51. The van der Waals surface area contributed by atoms with Gasteiger partial charge in [-0.25, -0.2) is 0 Å². The van der Waals surface area contributed by atoms with Gasteiger partial charge in [-0.2, -0.15) is 0 Å². The molecule has 1 aliphatic rings. The van der Waals surface area contributed by atoms with E-state index < -0.39 is 0 Å². The van der Waals surface area contributed by atoms with Crippen LogP contribution in [0, 0.1) is 0 Å². The molecule has 0 radical (unpaired) electrons. The largest absolute Gasteiger partial charge is 0.378 e. The Bertz CT molecular complexity index is 404. The van der Waals surface area contributed by atoms with Gasteiger partial charge >= 0.3 is 0 Å². The zero-order chi connectivity index (χ0) is 14.9. The predicted octanol–water partition coefficient (Wildman–Crippen LogP) is 4.60. The standard InChI is InChI=1S/C18H28ClNO/c1-2-11-20-17(9-10-18-8-3-4-12-21-18)14-15-6-5-7-16(19)13-15/h5-7,13,17-18,20H,2-4,8-12,14H2,1H3. The molecule has 0 bridgehead atoms. The summed E-state index contributed by atoms with van der Waals surface area (Å²) in [6.07, 6.45) is 8.84. The molecule has 3 heteroatoms. The molecule has 118 valence electrons. The van der Waals surface area contributed by atoms with Crippen molar-refractivity contribution in [2.75, 3.05) is 13.2 Å². The van der Waals surface area contributed by atoms with Crippen LogP contribution in [0.3, 0.4) is 0 Å². The highest BCUT2D eigenvalue weighted by Crippen LogP contribution is 2.19. The molecule has 2 rings (SSSR count). The first-order chi connectivity index (χ1) is 10.3. The van der Waals surface area contributed by atoms with Crippen molar-refractivity contribution in [3.05, 3.63) is 34.9 Å². The molecule has 0 spiro atoms. The minimum Gasteiger partial charge on any atom is -0.378 e. The Labute approximate surface area is 134 Å². The highest BCUT2D eigenvalue weighted by Gasteiger charge is 2.17. The van der Waals surface area contributed by atoms with Crippen molar-refractivity contribution in [2.45, 2.75) is 64.0 Å². The third kappa shape index (κ3) is 6.37. The van der Waals surface area contributed by atoms with Crippen LogP contribution in [0.25, 0.3) is 0 Å². The van der Waals surface area contributed by atoms with Crippen LogP contribution >= 0.6 is 11.6 Å². The fourth-order valence-corrected chi connectivity index (χ4v) is 3.21. The van der Waals surface area contributed by atoms with Crippen LogP contribution in [0.4, 0.5) is 0 Å². The molecule has 2 unspecified atom stereocenters. The molecule has 1 aromatic rings. The van der Waals surface area contributed by atoms with Crippen molar-refractivity contribution >= 4 is 11.6 Å². The Balaban J connectivity index is 1.84. The quantitative estimate of drug-likeness (QED) is 0.757. The van der Waals surface area contributed by atoms with Gasteiger partial charge in [0.1, 0.15) is 0 Å². The summed E-state index contributed by atoms with van der Waals surface area (Å²) < 4.78 is 5.85. The molecular weight excluding hydrogens is 282 g/mol. The van der Waals surface area contributed by atoms with Gasteiger partial charge in [0.25, 0.3) is 0 Å². The summed E-state index contributed by atoms with van der Waals surface area (Å²) in [5.74, 6) is 0. The predicted molar refractivity (Wildman–Crippen MR) is 90.1 cm³/mol. The van der Waals surface area contributed by atoms with Gasteiger partial charge in [-0.3, -0.25) is 0 Å². The van der Waals surface area contributed by atoms with Crippen LogP contribution in [-0.2, 0) is 11.2 Å². The summed E-state index contributed by atoms with van der Waals surface area (Å²) in [6.45, 7) is 4.25. The fraction of sp³-hybridized carbons (Fsp3) is 0.667. The first kappa shape index (κ1) is 16.8. The SMILES string of the molecule is CCCNC(CCC1CCCCO1)Cc1cccc(Cl)c1. The lowest BCUT2D eigenvalue weighted by Gasteiger charge is -2.25. The molecule has 1 fully saturated rings. The van der Waals surface area contributed by atoms with Crippen LogP contribution in [0.5, 0.6) is 0 Å². The van der Waals surface area contributed by atoms with Crippen LogP contribution in [-0.4, -0.2) is 25.3 Å². The lowest BCUT2D eigenvalue weighted by molar-refractivity contribution is 0.00858. The van der Waals surface area contributed by atoms with E-state index in [1.165, 1.54) is 44.1 Å². The minimum absolute atomic E-state index is 0.476. The third-order valence-electron chi connectivity index (χ3n) is 4.17. The van der Waals surface area contributed by atoms with Gasteiger partial charge in [0.2, 0.25) is 0 Å². The second kappa shape index (κ2) is 9.45. The van der Waals surface area contributed by atoms with Crippen molar-refractivity contribution in [1.29, 1.82) is 0 Å². The van der Waals surface area contributed by atoms with E-state index in [0.717, 1.165) is 24.6 Å². The third-order valence-corrected chi connectivity index (χ3v) is 4.40. The molecule has 0 aromatic heterocycles. The molecule has 2 nitrogen and oxygen atoms in total. The van der Waals surface area contributed by atoms with Crippen LogP contribution in [0.2, 0.25) is 5.02 Å². The molecule has 0 amide bonds. The Morgan fingerprint density at radius 2 is 2.29 bits per heavy atom. The van der Waals surface area contributed by atoms with E-state index in [1.54, 1.807) is 0 Å². The van der Waals surface area contributed by atoms with E-state index in [1.807, 2.05) is 12.1 Å². The smallest absolute Gasteiger partial charge is 0.0575 e. The lowest BCUT2D eigenvalue weighted by atomic mass is 9.97. The van der Waals surface area contributed by atoms with Crippen molar-refractivity contribution in [2.24, 2.45) is 0 Å². The minimum atomic E-state index is 0.476. The molecular formula is C18H28ClNO. The number of hydrogen-bond donors (Lipinski definition) is 1. The second-order valence-corrected chi connectivity index (χ2v) is 6.49. The van der Waals surface area contributed by atoms with Crippen molar-refractivity contribution in [1.82, 2.24) is 5.32 Å². The Morgan fingerprint density at radius 1 is 1.38 bits per heavy atom. The molecule has 21 heavy (non-hydrogen) atoms. The number of rotatable bonds is 8. The number of benzene rings is 1. The normalized spacial score (nSPS) is 20.4. The van der Waals surface area contributed by atoms with E-state index >= 15 is 0 Å². The molecule has 0 aliphatic carbocycles. The first-order valence-electron chi connectivity index (χ1n) is 8.37. The summed E-state index contributed by atoms with van der Waals surface area (Å²) in [5, 5.41) is 4.51. The van der Waals surface area contributed by atoms with Crippen LogP contribution in [0.15, 0.2) is 24.3 Å². The summed E-state index contributed by atoms with van der Waals surface area (Å²) in [5.41, 5.74) is 1.32. The maximum Gasteiger partial charge on any atom is 0.0575 e. The van der Waals surface area contributed by atoms with Gasteiger partial charge in [0.15, 0.2) is 0 Å². The second-order valence-electron chi connectivity index (χ2n) is 6.05. The van der Waals surface area contributed by atoms with Crippen LogP contribution < -0.4 is 5.32 Å². The zero-order valence-electron chi connectivity index (χ0n) is 13.1. The number of ether oxygens (including phenoxy) is 1. The summed E-state index contributed by atoms with van der Waals surface area (Å²) in [4.78, 5) is 0. The van der Waals surface area contributed by atoms with Crippen molar-refractivity contribution in [3.63, 3.8) is 0 Å². The van der Waals surface area contributed by atoms with E-state index in [-0.39, 0.29) is 0 Å². The molecule has 0 saturated carbocycles. The van der Waals surface area contributed by atoms with Gasteiger partial charge in [-0.05, 0) is 69.2 Å². The highest BCUT2D eigenvalue weighted by atomic mass is 35.5. The summed E-state index contributed by atoms with van der Waals surface area (Å²) in [6, 6.07) is 8.76. The zero-order valence-corrected chi connectivity index (χ0v) is 13.9. The molecule has 1 N–H and O–H groups in total. The number of halogens is 1. The summed E-state index contributed by atoms with van der Waals surface area (Å²) in [7, 11) is 0. The van der Waals surface area contributed by atoms with E-state index in [0.29, 0.717) is 12.1 Å². The maximum atomic E-state index is 6.09. The van der Waals surface area contributed by atoms with Gasteiger partial charge in [-0.15, -0.1) is 0 Å². The van der Waals surface area contributed by atoms with Crippen LogP contribution in [0.1, 0.15) is 51.0 Å². The topological polar surface area (TPSA) is 21.3 Å². The summed E-state index contributed by atoms with van der Waals surface area (Å²) >= 11 is 6.09. The highest BCUT2D eigenvalue weighted by molar-refractivity contribution is 6.30. The first-order valence-corrected chi connectivity index (χ1v) is 8.75. The van der Waals surface area contributed by atoms with Gasteiger partial charge in [-0.1, -0.05) is 30.7 Å². The van der Waals surface area contributed by atoms with E-state index in [4.69, 9.17) is 16.3 Å². The van der Waals surface area contributed by atoms with E-state index in [2.05, 4.69) is 24.4 Å². The Kier molecular flexibility index (Phi) is 7.56. The lowest BCUT2D eigenvalue weighted by Crippen LogP contribution is -2.33. The van der Waals surface area contributed by atoms with Gasteiger partial charge in [0.05, 0.1) is 6.10 Å². The number of nitrogens with one attached hydrogen (secondary N) is 1. The monoisotopic (exact) mass is 309 g/mol. The molecule has 1 aromatic carbocycles. The van der Waals surface area contributed by atoms with E-state index in [9.17, 15) is 0 Å². The molecule has 1 heterocycles. The fourth-order valence-electron chi connectivity index (χ4n) is 3.00. The van der Waals surface area contributed by atoms with Crippen molar-refractivity contribution in [3.8, 4) is 0 Å². The molecule has 1 saturated heterocycles. The Morgan fingerprint density at radius 3 is 3.00 bits per heavy atom. The van der Waals surface area contributed by atoms with Gasteiger partial charge in [0, 0.05) is 17.7 Å². The van der Waals surface area contributed by atoms with Crippen molar-refractivity contribution < 1.29 is 4.74 Å².